The topological polar surface area (TPSA) is 136 Å². The Morgan fingerprint density at radius 3 is 2.38 bits per heavy atom. The number of rotatable bonds is 9. The smallest absolute Gasteiger partial charge is 0.387 e. The number of H-pyrrole nitrogens is 1. The Morgan fingerprint density at radius 2 is 1.72 bits per heavy atom. The Balaban J connectivity index is 1.29. The van der Waals surface area contributed by atoms with Gasteiger partial charge in [-0.15, -0.1) is 0 Å². The third kappa shape index (κ3) is 6.33. The van der Waals surface area contributed by atoms with E-state index in [9.17, 15) is 26.4 Å². The molecular weight excluding hydrogens is 644 g/mol. The fraction of sp³-hybridized carbons (Fsp3) is 0.226. The van der Waals surface area contributed by atoms with Crippen LogP contribution in [0.4, 0.5) is 29.1 Å². The van der Waals surface area contributed by atoms with Crippen molar-refractivity contribution < 1.29 is 40.2 Å². The van der Waals surface area contributed by atoms with E-state index < -0.39 is 34.1 Å². The molecule has 246 valence electrons. The number of anilines is 2. The lowest BCUT2D eigenvalue weighted by molar-refractivity contribution is -0.0494. The molecule has 3 aromatic carbocycles. The molecule has 1 aliphatic heterocycles. The van der Waals surface area contributed by atoms with E-state index in [1.54, 1.807) is 24.0 Å². The number of hydrogen-bond acceptors (Lipinski definition) is 8. The SMILES string of the molecule is Cc1cc(Oc2ccccc2F)cc(F)c1-n1ncc(C(=O)c2cc3cc(OC(F)F)c(N4CCN(S(C)(=O)=O)CC4)cc3[nH]2)c1N. The molecule has 3 heterocycles. The minimum absolute atomic E-state index is 0.0424. The molecule has 6 rings (SSSR count). The van der Waals surface area contributed by atoms with Crippen LogP contribution in [0.15, 0.2) is 60.8 Å². The summed E-state index contributed by atoms with van der Waals surface area (Å²) in [6.07, 6.45) is 2.29. The van der Waals surface area contributed by atoms with E-state index in [1.165, 1.54) is 46.9 Å². The second-order valence-electron chi connectivity index (χ2n) is 10.9. The fourth-order valence-corrected chi connectivity index (χ4v) is 6.34. The number of hydrogen-bond donors (Lipinski definition) is 2. The van der Waals surface area contributed by atoms with Gasteiger partial charge in [0.2, 0.25) is 15.8 Å². The number of nitrogen functional groups attached to an aromatic ring is 1. The summed E-state index contributed by atoms with van der Waals surface area (Å²) in [6.45, 7) is -0.781. The lowest BCUT2D eigenvalue weighted by Crippen LogP contribution is -2.48. The zero-order chi connectivity index (χ0) is 33.6. The number of fused-ring (bicyclic) bond motifs is 1. The Bertz CT molecular complexity index is 2090. The third-order valence-electron chi connectivity index (χ3n) is 7.76. The average Bonchev–Trinajstić information content (AvgIpc) is 3.60. The van der Waals surface area contributed by atoms with Crippen LogP contribution in [0.5, 0.6) is 17.2 Å². The van der Waals surface area contributed by atoms with Crippen LogP contribution in [0.2, 0.25) is 0 Å². The number of sulfonamides is 1. The molecule has 0 spiro atoms. The predicted molar refractivity (Wildman–Crippen MR) is 166 cm³/mol. The maximum absolute atomic E-state index is 15.4. The van der Waals surface area contributed by atoms with Crippen molar-refractivity contribution >= 4 is 38.2 Å². The summed E-state index contributed by atoms with van der Waals surface area (Å²) in [5, 5.41) is 4.53. The third-order valence-corrected chi connectivity index (χ3v) is 9.07. The monoisotopic (exact) mass is 672 g/mol. The number of aryl methyl sites for hydroxylation is 1. The molecule has 1 aliphatic rings. The standard InChI is InChI=1S/C31H28F4N6O5S/c1-17-11-19(45-26-6-4-3-5-21(26)32)14-22(33)28(17)41-30(36)20(16-37-41)29(42)24-12-18-13-27(46-31(34)35)25(15-23(18)38-24)39-7-9-40(10-8-39)47(2,43)44/h3-6,11-16,31,38H,7-10,36H2,1-2H3. The molecule has 0 atom stereocenters. The van der Waals surface area contributed by atoms with Gasteiger partial charge in [-0.25, -0.2) is 21.9 Å². The highest BCUT2D eigenvalue weighted by atomic mass is 32.2. The lowest BCUT2D eigenvalue weighted by atomic mass is 10.1. The number of nitrogens with one attached hydrogen (secondary N) is 1. The van der Waals surface area contributed by atoms with Crippen molar-refractivity contribution in [3.8, 4) is 22.9 Å². The van der Waals surface area contributed by atoms with Crippen molar-refractivity contribution in [2.45, 2.75) is 13.5 Å². The largest absolute Gasteiger partial charge is 0.454 e. The number of halogens is 4. The molecule has 5 aromatic rings. The number of alkyl halides is 2. The summed E-state index contributed by atoms with van der Waals surface area (Å²) in [7, 11) is -3.41. The zero-order valence-corrected chi connectivity index (χ0v) is 25.8. The molecule has 16 heteroatoms. The van der Waals surface area contributed by atoms with Gasteiger partial charge in [-0.2, -0.15) is 18.2 Å². The molecule has 0 amide bonds. The number of benzene rings is 3. The second kappa shape index (κ2) is 12.3. The molecular formula is C31H28F4N6O5S. The van der Waals surface area contributed by atoms with Crippen LogP contribution in [0.3, 0.4) is 0 Å². The highest BCUT2D eigenvalue weighted by Gasteiger charge is 2.27. The van der Waals surface area contributed by atoms with Crippen molar-refractivity contribution in [2.24, 2.45) is 0 Å². The van der Waals surface area contributed by atoms with E-state index >= 15 is 4.39 Å². The zero-order valence-electron chi connectivity index (χ0n) is 25.0. The van der Waals surface area contributed by atoms with Crippen molar-refractivity contribution in [2.75, 3.05) is 43.1 Å². The lowest BCUT2D eigenvalue weighted by Gasteiger charge is -2.35. The van der Waals surface area contributed by atoms with E-state index in [1.807, 2.05) is 0 Å². The normalized spacial score (nSPS) is 14.2. The summed E-state index contributed by atoms with van der Waals surface area (Å²) in [5.74, 6) is -2.34. The van der Waals surface area contributed by atoms with Gasteiger partial charge in [-0.1, -0.05) is 12.1 Å². The number of carbonyl (C=O) groups is 1. The number of aromatic nitrogens is 3. The summed E-state index contributed by atoms with van der Waals surface area (Å²) in [6, 6.07) is 12.6. The Labute approximate surface area is 266 Å². The minimum atomic E-state index is -3.41. The van der Waals surface area contributed by atoms with E-state index in [2.05, 4.69) is 10.1 Å². The minimum Gasteiger partial charge on any atom is -0.454 e. The van der Waals surface area contributed by atoms with E-state index in [0.717, 1.165) is 17.0 Å². The number of carbonyl (C=O) groups excluding carboxylic acids is 1. The van der Waals surface area contributed by atoms with Crippen LogP contribution >= 0.6 is 0 Å². The number of nitrogens with zero attached hydrogens (tertiary/aromatic N) is 4. The average molecular weight is 673 g/mol. The Kier molecular flexibility index (Phi) is 8.31. The molecule has 3 N–H and O–H groups in total. The van der Waals surface area contributed by atoms with E-state index in [4.69, 9.17) is 15.2 Å². The van der Waals surface area contributed by atoms with Crippen LogP contribution < -0.4 is 20.1 Å². The molecule has 0 radical (unpaired) electrons. The Morgan fingerprint density at radius 1 is 1.00 bits per heavy atom. The highest BCUT2D eigenvalue weighted by molar-refractivity contribution is 7.88. The first-order valence-corrected chi connectivity index (χ1v) is 16.1. The molecule has 0 aliphatic carbocycles. The molecule has 47 heavy (non-hydrogen) atoms. The van der Waals surface area contributed by atoms with Gasteiger partial charge in [-0.05, 0) is 48.9 Å². The van der Waals surface area contributed by atoms with Gasteiger partial charge >= 0.3 is 6.61 Å². The number of aromatic amines is 1. The van der Waals surface area contributed by atoms with Crippen molar-refractivity contribution in [3.63, 3.8) is 0 Å². The maximum Gasteiger partial charge on any atom is 0.387 e. The molecule has 11 nitrogen and oxygen atoms in total. The number of piperazine rings is 1. The van der Waals surface area contributed by atoms with Crippen LogP contribution in [-0.2, 0) is 10.0 Å². The molecule has 0 bridgehead atoms. The second-order valence-corrected chi connectivity index (χ2v) is 12.9. The first-order chi connectivity index (χ1) is 22.3. The quantitative estimate of drug-likeness (QED) is 0.161. The van der Waals surface area contributed by atoms with Gasteiger partial charge in [0.1, 0.15) is 23.0 Å². The van der Waals surface area contributed by atoms with Crippen molar-refractivity contribution in [1.29, 1.82) is 0 Å². The summed E-state index contributed by atoms with van der Waals surface area (Å²) < 4.78 is 92.6. The first-order valence-electron chi connectivity index (χ1n) is 14.2. The molecule has 0 saturated carbocycles. The molecule has 1 saturated heterocycles. The van der Waals surface area contributed by atoms with E-state index in [0.29, 0.717) is 22.2 Å². The fourth-order valence-electron chi connectivity index (χ4n) is 5.51. The van der Waals surface area contributed by atoms with Crippen molar-refractivity contribution in [3.05, 3.63) is 89.2 Å². The van der Waals surface area contributed by atoms with Gasteiger partial charge in [0.25, 0.3) is 0 Å². The van der Waals surface area contributed by atoms with Gasteiger partial charge in [-0.3, -0.25) is 4.79 Å². The summed E-state index contributed by atoms with van der Waals surface area (Å²) in [5.41, 5.74) is 7.31. The molecule has 0 unspecified atom stereocenters. The maximum atomic E-state index is 15.4. The number of para-hydroxylation sites is 1. The predicted octanol–water partition coefficient (Wildman–Crippen LogP) is 5.23. The van der Waals surface area contributed by atoms with Crippen molar-refractivity contribution in [1.82, 2.24) is 19.1 Å². The summed E-state index contributed by atoms with van der Waals surface area (Å²) in [4.78, 5) is 18.3. The van der Waals surface area contributed by atoms with Gasteiger partial charge < -0.3 is 25.1 Å². The molecule has 1 fully saturated rings. The first kappa shape index (κ1) is 31.9. The van der Waals surface area contributed by atoms with Gasteiger partial charge in [0.05, 0.1) is 29.4 Å². The van der Waals surface area contributed by atoms with Gasteiger partial charge in [0.15, 0.2) is 17.4 Å². The van der Waals surface area contributed by atoms with E-state index in [-0.39, 0.29) is 66.2 Å². The molecule has 2 aromatic heterocycles. The number of ether oxygens (including phenoxy) is 2. The van der Waals surface area contributed by atoms with Gasteiger partial charge in [0, 0.05) is 43.1 Å². The Hall–Kier alpha value is -5.09. The highest BCUT2D eigenvalue weighted by Crippen LogP contribution is 2.36. The van der Waals surface area contributed by atoms with Crippen LogP contribution in [0.1, 0.15) is 21.6 Å². The number of nitrogens with two attached hydrogens (primary N) is 1. The van der Waals surface area contributed by atoms with Crippen LogP contribution in [0.25, 0.3) is 16.6 Å². The number of ketones is 1. The van der Waals surface area contributed by atoms with Crippen LogP contribution in [0, 0.1) is 18.6 Å². The summed E-state index contributed by atoms with van der Waals surface area (Å²) >= 11 is 0. The van der Waals surface area contributed by atoms with Crippen LogP contribution in [-0.4, -0.2) is 72.3 Å².